The number of nitrogens with two attached hydrogens (primary N) is 4. The smallest absolute Gasteiger partial charge is 0.303 e. The minimum atomic E-state index is -0.725. The average Bonchev–Trinajstić information content (AvgIpc) is 1.11. The van der Waals surface area contributed by atoms with Crippen molar-refractivity contribution in [1.82, 2.24) is 47.9 Å². The standard InChI is InChI=1S/C72H137N13O22/c73-59(24-17-21-31-77-63(87)28-15-11-9-7-5-3-1-2-4-6-8-10-12-16-29-69(93)94)70(95)83-32-22-18-25-60(74)71(96)84-33-23-19-26-61(75)72(97)85-38-43-102-48-53-107-58-68(92)82-37-42-101-47-52-106-57-67(91)81-36-41-100-46-51-105-56-66(90)80-35-40-99-45-50-104-55-65(89)79-34-39-98-44-49-103-54-64(88)78-30-20-13-14-27-62(76)86/h59-61H,1-58,73-75H2,(H2,76,86)(H,77,87)(H,78,88)(H,79,89)(H,80,90)(H,81,91)(H,82,92)(H,83,95)(H,84,96)(H,85,97)(H,93,94)/t59-,60-,61-/m0/s1. The normalized spacial score (nSPS) is 12.0. The number of amides is 10. The molecule has 18 N–H and O–H groups in total. The van der Waals surface area contributed by atoms with Gasteiger partial charge in [0.25, 0.3) is 0 Å². The maximum absolute atomic E-state index is 12.5. The number of hydrogen-bond acceptors (Lipinski definition) is 24. The van der Waals surface area contributed by atoms with E-state index < -0.39 is 24.1 Å². The molecule has 0 bridgehead atoms. The van der Waals surface area contributed by atoms with Gasteiger partial charge >= 0.3 is 5.97 Å². The molecule has 107 heavy (non-hydrogen) atoms. The fraction of sp³-hybridized carbons (Fsp3) is 0.847. The molecule has 0 radical (unpaired) electrons. The van der Waals surface area contributed by atoms with Crippen LogP contribution in [0.3, 0.4) is 0 Å². The number of primary amides is 1. The minimum absolute atomic E-state index is 0.0640. The summed E-state index contributed by atoms with van der Waals surface area (Å²) in [5.41, 5.74) is 23.3. The Balaban J connectivity index is 3.58. The summed E-state index contributed by atoms with van der Waals surface area (Å²) in [6, 6.07) is -2.05. The van der Waals surface area contributed by atoms with E-state index in [2.05, 4.69) is 47.9 Å². The summed E-state index contributed by atoms with van der Waals surface area (Å²) < 4.78 is 53.5. The summed E-state index contributed by atoms with van der Waals surface area (Å²) in [6.45, 7) is 5.55. The summed E-state index contributed by atoms with van der Waals surface area (Å²) in [6.07, 6.45) is 24.7. The Kier molecular flexibility index (Phi) is 71.9. The number of carboxylic acid groups (broad SMARTS) is 1. The van der Waals surface area contributed by atoms with Crippen molar-refractivity contribution in [2.45, 2.75) is 204 Å². The highest BCUT2D eigenvalue weighted by molar-refractivity contribution is 5.83. The van der Waals surface area contributed by atoms with Gasteiger partial charge in [-0.2, -0.15) is 0 Å². The molecule has 622 valence electrons. The van der Waals surface area contributed by atoms with E-state index >= 15 is 0 Å². The van der Waals surface area contributed by atoms with Gasteiger partial charge in [0, 0.05) is 78.2 Å². The number of hydrogen-bond donors (Lipinski definition) is 14. The second kappa shape index (κ2) is 76.4. The quantitative estimate of drug-likeness (QED) is 0.0358. The van der Waals surface area contributed by atoms with Gasteiger partial charge in [-0.1, -0.05) is 83.5 Å². The summed E-state index contributed by atoms with van der Waals surface area (Å²) in [5, 5.41) is 33.4. The zero-order chi connectivity index (χ0) is 78.5. The van der Waals surface area contributed by atoms with Crippen LogP contribution in [-0.4, -0.2) is 279 Å². The van der Waals surface area contributed by atoms with Crippen LogP contribution in [0.25, 0.3) is 0 Å². The van der Waals surface area contributed by atoms with Gasteiger partial charge in [-0.25, -0.2) is 0 Å². The first-order valence-corrected chi connectivity index (χ1v) is 38.9. The zero-order valence-electron chi connectivity index (χ0n) is 64.1. The molecule has 0 aliphatic rings. The number of rotatable bonds is 81. The number of carboxylic acids is 1. The van der Waals surface area contributed by atoms with Crippen molar-refractivity contribution < 1.29 is 105 Å². The highest BCUT2D eigenvalue weighted by Crippen LogP contribution is 2.14. The fourth-order valence-corrected chi connectivity index (χ4v) is 9.98. The second-order valence-electron chi connectivity index (χ2n) is 25.7. The zero-order valence-corrected chi connectivity index (χ0v) is 64.1. The van der Waals surface area contributed by atoms with Crippen LogP contribution in [0.15, 0.2) is 0 Å². The number of unbranched alkanes of at least 4 members (excludes halogenated alkanes) is 18. The van der Waals surface area contributed by atoms with Gasteiger partial charge in [0.1, 0.15) is 33.0 Å². The summed E-state index contributed by atoms with van der Waals surface area (Å²) >= 11 is 0. The van der Waals surface area contributed by atoms with E-state index in [1.807, 2.05) is 0 Å². The molecule has 0 fully saturated rings. The Bertz CT molecular complexity index is 2290. The Morgan fingerprint density at radius 2 is 0.449 bits per heavy atom. The van der Waals surface area contributed by atoms with Gasteiger partial charge in [0.15, 0.2) is 0 Å². The van der Waals surface area contributed by atoms with E-state index in [-0.39, 0.29) is 230 Å². The summed E-state index contributed by atoms with van der Waals surface area (Å²) in [5.74, 6) is -3.34. The molecule has 0 aliphatic heterocycles. The Morgan fingerprint density at radius 3 is 0.748 bits per heavy atom. The first kappa shape index (κ1) is 101. The fourth-order valence-electron chi connectivity index (χ4n) is 9.98. The van der Waals surface area contributed by atoms with E-state index in [9.17, 15) is 52.7 Å². The van der Waals surface area contributed by atoms with Gasteiger partial charge in [-0.3, -0.25) is 52.7 Å². The first-order chi connectivity index (χ1) is 51.9. The third-order valence-electron chi connectivity index (χ3n) is 16.1. The van der Waals surface area contributed by atoms with Crippen LogP contribution in [0.1, 0.15) is 186 Å². The molecule has 0 aromatic rings. The highest BCUT2D eigenvalue weighted by Gasteiger charge is 2.17. The van der Waals surface area contributed by atoms with Crippen molar-refractivity contribution in [3.8, 4) is 0 Å². The van der Waals surface area contributed by atoms with E-state index in [0.29, 0.717) is 90.4 Å². The minimum Gasteiger partial charge on any atom is -0.481 e. The van der Waals surface area contributed by atoms with Crippen LogP contribution < -0.4 is 70.8 Å². The highest BCUT2D eigenvalue weighted by atomic mass is 16.5. The number of nitrogens with one attached hydrogen (secondary N) is 9. The predicted octanol–water partition coefficient (Wildman–Crippen LogP) is 0.0629. The topological polar surface area (TPSA) is 513 Å². The molecule has 0 heterocycles. The van der Waals surface area contributed by atoms with Crippen LogP contribution in [-0.2, 0) is 100 Å². The molecule has 35 heteroatoms. The maximum Gasteiger partial charge on any atom is 0.303 e. The lowest BCUT2D eigenvalue weighted by molar-refractivity contribution is -0.137. The molecule has 35 nitrogen and oxygen atoms in total. The van der Waals surface area contributed by atoms with Crippen LogP contribution in [0.2, 0.25) is 0 Å². The molecule has 0 aromatic carbocycles. The Labute approximate surface area is 634 Å². The summed E-state index contributed by atoms with van der Waals surface area (Å²) in [4.78, 5) is 131. The predicted molar refractivity (Wildman–Crippen MR) is 400 cm³/mol. The van der Waals surface area contributed by atoms with E-state index in [0.717, 1.165) is 64.2 Å². The number of carbonyl (C=O) groups is 11. The van der Waals surface area contributed by atoms with Gasteiger partial charge in [0.2, 0.25) is 59.1 Å². The lowest BCUT2D eigenvalue weighted by Crippen LogP contribution is -2.42. The number of aliphatic carboxylic acids is 1. The molecule has 0 aliphatic carbocycles. The van der Waals surface area contributed by atoms with Crippen LogP contribution in [0.5, 0.6) is 0 Å². The van der Waals surface area contributed by atoms with E-state index in [4.69, 9.17) is 75.4 Å². The molecule has 0 spiro atoms. The van der Waals surface area contributed by atoms with Gasteiger partial charge < -0.3 is 123 Å². The largest absolute Gasteiger partial charge is 0.481 e. The third kappa shape index (κ3) is 74.9. The molecule has 0 aromatic heterocycles. The van der Waals surface area contributed by atoms with E-state index in [1.165, 1.54) is 51.4 Å². The molecule has 0 saturated heterocycles. The van der Waals surface area contributed by atoms with Crippen LogP contribution in [0, 0.1) is 0 Å². The van der Waals surface area contributed by atoms with Crippen LogP contribution >= 0.6 is 0 Å². The van der Waals surface area contributed by atoms with Crippen molar-refractivity contribution in [3.63, 3.8) is 0 Å². The first-order valence-electron chi connectivity index (χ1n) is 38.9. The van der Waals surface area contributed by atoms with Crippen LogP contribution in [0.4, 0.5) is 0 Å². The molecule has 0 unspecified atom stereocenters. The molecule has 0 saturated carbocycles. The SMILES string of the molecule is NC(=O)CCCCCNC(=O)COCCOCCNC(=O)COCCOCCNC(=O)COCCOCCNC(=O)COCCOCCNC(=O)COCCOCCNC(=O)[C@@H](N)CCCCNC(=O)[C@@H](N)CCCCNC(=O)[C@@H](N)CCCCNC(=O)CCCCCCCCCCCCCCCCC(=O)O. The Morgan fingerprint density at radius 1 is 0.234 bits per heavy atom. The third-order valence-corrected chi connectivity index (χ3v) is 16.1. The van der Waals surface area contributed by atoms with Gasteiger partial charge in [0.05, 0.1) is 117 Å². The Hall–Kier alpha value is -6.35. The lowest BCUT2D eigenvalue weighted by Gasteiger charge is -2.14. The van der Waals surface area contributed by atoms with Gasteiger partial charge in [-0.15, -0.1) is 0 Å². The second-order valence-corrected chi connectivity index (χ2v) is 25.7. The van der Waals surface area contributed by atoms with Crippen molar-refractivity contribution in [2.24, 2.45) is 22.9 Å². The molecular formula is C72H137N13O22. The number of carbonyl (C=O) groups excluding carboxylic acids is 10. The molecule has 10 amide bonds. The van der Waals surface area contributed by atoms with Crippen molar-refractivity contribution in [1.29, 1.82) is 0 Å². The van der Waals surface area contributed by atoms with Gasteiger partial charge in [-0.05, 0) is 83.5 Å². The average molecular weight is 1540 g/mol. The van der Waals surface area contributed by atoms with E-state index in [1.54, 1.807) is 0 Å². The lowest BCUT2D eigenvalue weighted by atomic mass is 10.0. The molecule has 0 rings (SSSR count). The molecule has 3 atom stereocenters. The van der Waals surface area contributed by atoms with Crippen molar-refractivity contribution >= 4 is 65.0 Å². The molecular weight excluding hydrogens is 1400 g/mol. The van der Waals surface area contributed by atoms with Crippen molar-refractivity contribution in [2.75, 3.05) is 191 Å². The van der Waals surface area contributed by atoms with Crippen molar-refractivity contribution in [3.05, 3.63) is 0 Å². The number of ether oxygens (including phenoxy) is 10. The summed E-state index contributed by atoms with van der Waals surface area (Å²) in [7, 11) is 0. The maximum atomic E-state index is 12.5. The monoisotopic (exact) mass is 1540 g/mol.